The quantitative estimate of drug-likeness (QED) is 0.793. The van der Waals surface area contributed by atoms with Gasteiger partial charge in [0.25, 0.3) is 0 Å². The lowest BCUT2D eigenvalue weighted by Crippen LogP contribution is -2.25. The number of hydrogen-bond acceptors (Lipinski definition) is 2. The number of hydrogen-bond donors (Lipinski definition) is 0. The highest BCUT2D eigenvalue weighted by Gasteiger charge is 2.17. The van der Waals surface area contributed by atoms with E-state index in [9.17, 15) is 0 Å². The Morgan fingerprint density at radius 1 is 0.737 bits per heavy atom. The summed E-state index contributed by atoms with van der Waals surface area (Å²) in [6.07, 6.45) is 4.30. The molecule has 1 aliphatic heterocycles. The summed E-state index contributed by atoms with van der Waals surface area (Å²) in [6, 6.07) is 16.9. The monoisotopic (exact) mass is 250 g/mol. The van der Waals surface area contributed by atoms with Crippen molar-refractivity contribution >= 4 is 11.4 Å². The molecule has 0 aromatic heterocycles. The van der Waals surface area contributed by atoms with Crippen LogP contribution < -0.4 is 9.80 Å². The van der Waals surface area contributed by atoms with Gasteiger partial charge in [0.1, 0.15) is 0 Å². The van der Waals surface area contributed by atoms with E-state index in [0.29, 0.717) is 0 Å². The van der Waals surface area contributed by atoms with E-state index in [1.165, 1.54) is 22.5 Å². The van der Waals surface area contributed by atoms with E-state index in [1.807, 2.05) is 6.07 Å². The average Bonchev–Trinajstić information content (AvgIpc) is 2.89. The van der Waals surface area contributed by atoms with Crippen LogP contribution in [0.1, 0.15) is 11.1 Å². The van der Waals surface area contributed by atoms with E-state index in [4.69, 9.17) is 0 Å². The van der Waals surface area contributed by atoms with E-state index in [-0.39, 0.29) is 0 Å². The highest BCUT2D eigenvalue weighted by Crippen LogP contribution is 2.29. The summed E-state index contributed by atoms with van der Waals surface area (Å²) in [5.74, 6) is 0. The zero-order valence-electron chi connectivity index (χ0n) is 11.4. The summed E-state index contributed by atoms with van der Waals surface area (Å²) in [6.45, 7) is 5.21. The molecule has 0 aliphatic carbocycles. The van der Waals surface area contributed by atoms with Crippen molar-refractivity contribution in [2.75, 3.05) is 16.5 Å². The molecule has 0 N–H and O–H groups in total. The number of benzene rings is 2. The molecule has 1 heterocycles. The predicted octanol–water partition coefficient (Wildman–Crippen LogP) is 4.06. The second-order valence-electron chi connectivity index (χ2n) is 4.96. The van der Waals surface area contributed by atoms with Crippen molar-refractivity contribution in [2.45, 2.75) is 13.8 Å². The van der Waals surface area contributed by atoms with Gasteiger partial charge >= 0.3 is 0 Å². The minimum absolute atomic E-state index is 0.871. The third-order valence-electron chi connectivity index (χ3n) is 3.55. The zero-order valence-corrected chi connectivity index (χ0v) is 11.4. The van der Waals surface area contributed by atoms with Crippen molar-refractivity contribution in [1.29, 1.82) is 0 Å². The number of nitrogens with zero attached hydrogens (tertiary/aromatic N) is 2. The Kier molecular flexibility index (Phi) is 3.00. The molecule has 2 aromatic rings. The standard InChI is InChI=1S/C17H18N2/c1-14-7-6-8-15(2)17(14)19-12-11-18(13-19)16-9-4-3-5-10-16/h3-12H,13H2,1-2H3. The summed E-state index contributed by atoms with van der Waals surface area (Å²) in [7, 11) is 0. The predicted molar refractivity (Wildman–Crippen MR) is 81.3 cm³/mol. The Hall–Kier alpha value is -2.22. The van der Waals surface area contributed by atoms with Crippen molar-refractivity contribution in [2.24, 2.45) is 0 Å². The van der Waals surface area contributed by atoms with Gasteiger partial charge in [-0.15, -0.1) is 0 Å². The minimum atomic E-state index is 0.871. The van der Waals surface area contributed by atoms with Crippen LogP contribution in [-0.2, 0) is 0 Å². The summed E-state index contributed by atoms with van der Waals surface area (Å²) >= 11 is 0. The maximum Gasteiger partial charge on any atom is 0.0989 e. The van der Waals surface area contributed by atoms with E-state index in [1.54, 1.807) is 0 Å². The topological polar surface area (TPSA) is 6.48 Å². The molecule has 2 nitrogen and oxygen atoms in total. The SMILES string of the molecule is Cc1cccc(C)c1N1C=CN(c2ccccc2)C1. The third-order valence-corrected chi connectivity index (χ3v) is 3.55. The molecule has 0 spiro atoms. The molecule has 0 unspecified atom stereocenters. The fraction of sp³-hybridized carbons (Fsp3) is 0.176. The van der Waals surface area contributed by atoms with E-state index < -0.39 is 0 Å². The van der Waals surface area contributed by atoms with Gasteiger partial charge in [0.15, 0.2) is 0 Å². The molecule has 0 fully saturated rings. The molecule has 1 aliphatic rings. The van der Waals surface area contributed by atoms with Crippen LogP contribution in [-0.4, -0.2) is 6.67 Å². The van der Waals surface area contributed by atoms with Crippen LogP contribution in [0.25, 0.3) is 0 Å². The van der Waals surface area contributed by atoms with Gasteiger partial charge in [-0.05, 0) is 37.1 Å². The van der Waals surface area contributed by atoms with E-state index in [2.05, 4.69) is 78.5 Å². The molecule has 0 saturated carbocycles. The first-order chi connectivity index (χ1) is 9.25. The summed E-state index contributed by atoms with van der Waals surface area (Å²) in [4.78, 5) is 4.56. The number of aryl methyl sites for hydroxylation is 2. The van der Waals surface area contributed by atoms with Crippen LogP contribution in [0, 0.1) is 13.8 Å². The molecular weight excluding hydrogens is 232 g/mol. The Bertz CT molecular complexity index is 582. The Labute approximate surface area is 114 Å². The molecule has 3 rings (SSSR count). The smallest absolute Gasteiger partial charge is 0.0989 e. The molecule has 19 heavy (non-hydrogen) atoms. The van der Waals surface area contributed by atoms with Crippen LogP contribution >= 0.6 is 0 Å². The van der Waals surface area contributed by atoms with Gasteiger partial charge in [-0.2, -0.15) is 0 Å². The lowest BCUT2D eigenvalue weighted by atomic mass is 10.1. The molecule has 0 amide bonds. The van der Waals surface area contributed by atoms with E-state index in [0.717, 1.165) is 6.67 Å². The third kappa shape index (κ3) is 2.22. The Morgan fingerprint density at radius 2 is 1.37 bits per heavy atom. The van der Waals surface area contributed by atoms with Crippen LogP contribution in [0.2, 0.25) is 0 Å². The van der Waals surface area contributed by atoms with Crippen molar-refractivity contribution in [3.8, 4) is 0 Å². The number of rotatable bonds is 2. The van der Waals surface area contributed by atoms with Crippen molar-refractivity contribution in [3.05, 3.63) is 72.1 Å². The Balaban J connectivity index is 1.86. The molecule has 2 heteroatoms. The Morgan fingerprint density at radius 3 is 2.05 bits per heavy atom. The van der Waals surface area contributed by atoms with Crippen molar-refractivity contribution in [3.63, 3.8) is 0 Å². The molecule has 0 atom stereocenters. The normalized spacial score (nSPS) is 14.2. The second-order valence-corrected chi connectivity index (χ2v) is 4.96. The number of anilines is 2. The second kappa shape index (κ2) is 4.81. The highest BCUT2D eigenvalue weighted by molar-refractivity contribution is 5.65. The van der Waals surface area contributed by atoms with Crippen LogP contribution in [0.5, 0.6) is 0 Å². The maximum absolute atomic E-state index is 2.30. The van der Waals surface area contributed by atoms with Gasteiger partial charge in [-0.3, -0.25) is 0 Å². The van der Waals surface area contributed by atoms with Gasteiger partial charge < -0.3 is 9.80 Å². The van der Waals surface area contributed by atoms with E-state index >= 15 is 0 Å². The fourth-order valence-electron chi connectivity index (χ4n) is 2.61. The molecular formula is C17H18N2. The average molecular weight is 250 g/mol. The van der Waals surface area contributed by atoms with Gasteiger partial charge in [0.05, 0.1) is 6.67 Å². The lowest BCUT2D eigenvalue weighted by Gasteiger charge is -2.24. The molecule has 2 aromatic carbocycles. The molecule has 96 valence electrons. The maximum atomic E-state index is 2.30. The number of para-hydroxylation sites is 2. The molecule has 0 saturated heterocycles. The van der Waals surface area contributed by atoms with Crippen LogP contribution in [0.15, 0.2) is 60.9 Å². The van der Waals surface area contributed by atoms with Crippen LogP contribution in [0.4, 0.5) is 11.4 Å². The zero-order chi connectivity index (χ0) is 13.2. The fourth-order valence-corrected chi connectivity index (χ4v) is 2.61. The minimum Gasteiger partial charge on any atom is -0.328 e. The largest absolute Gasteiger partial charge is 0.328 e. The van der Waals surface area contributed by atoms with Gasteiger partial charge in [-0.1, -0.05) is 36.4 Å². The summed E-state index contributed by atoms with van der Waals surface area (Å²) in [5.41, 5.74) is 5.18. The lowest BCUT2D eigenvalue weighted by molar-refractivity contribution is 0.965. The van der Waals surface area contributed by atoms with Gasteiger partial charge in [0, 0.05) is 23.8 Å². The first-order valence-electron chi connectivity index (χ1n) is 6.58. The molecule has 0 radical (unpaired) electrons. The first kappa shape index (κ1) is 11.8. The summed E-state index contributed by atoms with van der Waals surface area (Å²) in [5, 5.41) is 0. The summed E-state index contributed by atoms with van der Waals surface area (Å²) < 4.78 is 0. The van der Waals surface area contributed by atoms with Gasteiger partial charge in [-0.25, -0.2) is 0 Å². The first-order valence-corrected chi connectivity index (χ1v) is 6.58. The highest BCUT2D eigenvalue weighted by atomic mass is 15.3. The molecule has 0 bridgehead atoms. The van der Waals surface area contributed by atoms with Crippen molar-refractivity contribution < 1.29 is 0 Å². The van der Waals surface area contributed by atoms with Crippen molar-refractivity contribution in [1.82, 2.24) is 0 Å². The van der Waals surface area contributed by atoms with Crippen LogP contribution in [0.3, 0.4) is 0 Å². The van der Waals surface area contributed by atoms with Gasteiger partial charge in [0.2, 0.25) is 0 Å².